The Hall–Kier alpha value is -3.32. The molecule has 1 fully saturated rings. The second-order valence-corrected chi connectivity index (χ2v) is 6.96. The van der Waals surface area contributed by atoms with Crippen molar-refractivity contribution in [1.82, 2.24) is 25.2 Å². The highest BCUT2D eigenvalue weighted by atomic mass is 16.5. The van der Waals surface area contributed by atoms with E-state index in [-0.39, 0.29) is 5.91 Å². The summed E-state index contributed by atoms with van der Waals surface area (Å²) in [6.45, 7) is 1.42. The third-order valence-electron chi connectivity index (χ3n) is 5.22. The molecule has 0 saturated carbocycles. The normalized spacial score (nSPS) is 19.1. The first-order valence-corrected chi connectivity index (χ1v) is 9.65. The van der Waals surface area contributed by atoms with E-state index >= 15 is 0 Å². The van der Waals surface area contributed by atoms with Gasteiger partial charge in [-0.05, 0) is 55.3 Å². The van der Waals surface area contributed by atoms with E-state index in [1.807, 2.05) is 42.5 Å². The zero-order valence-electron chi connectivity index (χ0n) is 16.3. The van der Waals surface area contributed by atoms with Crippen molar-refractivity contribution < 1.29 is 9.53 Å². The monoisotopic (exact) mass is 389 g/mol. The van der Waals surface area contributed by atoms with E-state index in [1.54, 1.807) is 31.7 Å². The summed E-state index contributed by atoms with van der Waals surface area (Å²) in [5, 5.41) is 2.84. The number of pyridine rings is 1. The maximum atomic E-state index is 13.0. The minimum atomic E-state index is -0.768. The number of carbonyl (C=O) groups excluding carboxylic acids is 1. The van der Waals surface area contributed by atoms with Gasteiger partial charge in [0.1, 0.15) is 11.3 Å². The van der Waals surface area contributed by atoms with Gasteiger partial charge in [0.15, 0.2) is 0 Å². The van der Waals surface area contributed by atoms with E-state index < -0.39 is 5.54 Å². The van der Waals surface area contributed by atoms with E-state index in [0.29, 0.717) is 18.3 Å². The van der Waals surface area contributed by atoms with Crippen LogP contribution in [0.4, 0.5) is 0 Å². The third kappa shape index (κ3) is 3.82. The summed E-state index contributed by atoms with van der Waals surface area (Å²) in [7, 11) is 1.68. The van der Waals surface area contributed by atoms with Gasteiger partial charge in [-0.1, -0.05) is 18.2 Å². The van der Waals surface area contributed by atoms with Gasteiger partial charge < -0.3 is 10.1 Å². The van der Waals surface area contributed by atoms with E-state index in [2.05, 4.69) is 25.2 Å². The van der Waals surface area contributed by atoms with E-state index in [9.17, 15) is 4.79 Å². The maximum absolute atomic E-state index is 13.0. The fourth-order valence-corrected chi connectivity index (χ4v) is 3.94. The molecule has 7 heteroatoms. The fourth-order valence-electron chi connectivity index (χ4n) is 3.94. The van der Waals surface area contributed by atoms with Crippen molar-refractivity contribution in [2.75, 3.05) is 13.6 Å². The Morgan fingerprint density at radius 1 is 1.10 bits per heavy atom. The number of hydrogen-bond donors (Lipinski definition) is 1. The number of carbonyl (C=O) groups is 1. The molecule has 4 rings (SSSR count). The number of rotatable bonds is 6. The van der Waals surface area contributed by atoms with Crippen LogP contribution < -0.4 is 10.1 Å². The van der Waals surface area contributed by atoms with Crippen LogP contribution in [-0.2, 0) is 16.9 Å². The second kappa shape index (κ2) is 8.36. The van der Waals surface area contributed by atoms with Gasteiger partial charge in [-0.2, -0.15) is 0 Å². The minimum absolute atomic E-state index is 0.0289. The molecule has 3 aromatic rings. The quantitative estimate of drug-likeness (QED) is 0.698. The number of ether oxygens (including phenoxy) is 1. The van der Waals surface area contributed by atoms with Crippen molar-refractivity contribution in [2.45, 2.75) is 24.9 Å². The van der Waals surface area contributed by atoms with Gasteiger partial charge in [0.25, 0.3) is 0 Å². The highest BCUT2D eigenvalue weighted by Gasteiger charge is 2.49. The third-order valence-corrected chi connectivity index (χ3v) is 5.22. The molecule has 148 valence electrons. The van der Waals surface area contributed by atoms with Gasteiger partial charge in [0.2, 0.25) is 5.91 Å². The van der Waals surface area contributed by atoms with E-state index in [4.69, 9.17) is 4.74 Å². The van der Waals surface area contributed by atoms with Crippen molar-refractivity contribution in [3.63, 3.8) is 0 Å². The Labute approximate surface area is 169 Å². The van der Waals surface area contributed by atoms with Crippen LogP contribution >= 0.6 is 0 Å². The molecule has 1 aliphatic rings. The number of nitrogens with one attached hydrogen (secondary N) is 1. The number of nitrogens with zero attached hydrogens (tertiary/aromatic N) is 4. The Balaban J connectivity index is 1.61. The number of benzene rings is 1. The van der Waals surface area contributed by atoms with Crippen LogP contribution in [0, 0.1) is 0 Å². The first-order valence-electron chi connectivity index (χ1n) is 9.65. The second-order valence-electron chi connectivity index (χ2n) is 6.96. The lowest BCUT2D eigenvalue weighted by Gasteiger charge is -2.36. The molecule has 0 radical (unpaired) electrons. The first-order chi connectivity index (χ1) is 14.2. The van der Waals surface area contributed by atoms with Crippen LogP contribution in [0.1, 0.15) is 24.1 Å². The molecule has 1 atom stereocenters. The predicted octanol–water partition coefficient (Wildman–Crippen LogP) is 2.90. The SMILES string of the molecule is CNC(=O)[C@]1(c2ccccn2)CCCN1Cc1cccc(Oc2ncccn2)c1. The molecule has 7 nitrogen and oxygen atoms in total. The highest BCUT2D eigenvalue weighted by molar-refractivity contribution is 5.87. The lowest BCUT2D eigenvalue weighted by molar-refractivity contribution is -0.132. The molecule has 0 aliphatic carbocycles. The molecule has 0 spiro atoms. The van der Waals surface area contributed by atoms with Gasteiger partial charge in [-0.3, -0.25) is 14.7 Å². The van der Waals surface area contributed by atoms with Crippen LogP contribution in [0.2, 0.25) is 0 Å². The summed E-state index contributed by atoms with van der Waals surface area (Å²) in [4.78, 5) is 27.9. The van der Waals surface area contributed by atoms with Gasteiger partial charge in [0.05, 0.1) is 5.69 Å². The predicted molar refractivity (Wildman–Crippen MR) is 108 cm³/mol. The van der Waals surface area contributed by atoms with Crippen molar-refractivity contribution >= 4 is 5.91 Å². The first kappa shape index (κ1) is 19.0. The zero-order valence-corrected chi connectivity index (χ0v) is 16.3. The molecule has 1 saturated heterocycles. The lowest BCUT2D eigenvalue weighted by Crippen LogP contribution is -2.52. The average Bonchev–Trinajstić information content (AvgIpc) is 3.19. The summed E-state index contributed by atoms with van der Waals surface area (Å²) in [5.74, 6) is 0.634. The van der Waals surface area contributed by atoms with Gasteiger partial charge >= 0.3 is 6.01 Å². The van der Waals surface area contributed by atoms with Crippen molar-refractivity contribution in [3.8, 4) is 11.8 Å². The molecular formula is C22H23N5O2. The fraction of sp³-hybridized carbons (Fsp3) is 0.273. The van der Waals surface area contributed by atoms with Crippen LogP contribution in [0.3, 0.4) is 0 Å². The van der Waals surface area contributed by atoms with E-state index in [0.717, 1.165) is 30.6 Å². The van der Waals surface area contributed by atoms with Crippen LogP contribution in [0.5, 0.6) is 11.8 Å². The highest BCUT2D eigenvalue weighted by Crippen LogP contribution is 2.39. The number of aromatic nitrogens is 3. The number of amides is 1. The van der Waals surface area contributed by atoms with Crippen LogP contribution in [0.25, 0.3) is 0 Å². The summed E-state index contributed by atoms with van der Waals surface area (Å²) < 4.78 is 5.76. The summed E-state index contributed by atoms with van der Waals surface area (Å²) >= 11 is 0. The molecule has 1 aromatic carbocycles. The van der Waals surface area contributed by atoms with Gasteiger partial charge in [-0.15, -0.1) is 0 Å². The Kier molecular flexibility index (Phi) is 5.48. The van der Waals surface area contributed by atoms with Gasteiger partial charge in [0, 0.05) is 32.2 Å². The topological polar surface area (TPSA) is 80.2 Å². The van der Waals surface area contributed by atoms with Crippen LogP contribution in [-0.4, -0.2) is 39.4 Å². The molecule has 1 aliphatic heterocycles. The van der Waals surface area contributed by atoms with Crippen molar-refractivity contribution in [1.29, 1.82) is 0 Å². The standard InChI is InChI=1S/C22H23N5O2/c1-23-20(28)22(19-9-2-3-11-24-19)10-5-14-27(22)16-17-7-4-8-18(15-17)29-21-25-12-6-13-26-21/h2-4,6-9,11-13,15H,5,10,14,16H2,1H3,(H,23,28)/t22-/m1/s1. The number of likely N-dealkylation sites (N-methyl/N-ethyl adjacent to an activating group) is 1. The summed E-state index contributed by atoms with van der Waals surface area (Å²) in [5.41, 5.74) is 1.06. The molecule has 0 bridgehead atoms. The molecule has 2 aromatic heterocycles. The Bertz CT molecular complexity index is 967. The largest absolute Gasteiger partial charge is 0.424 e. The smallest absolute Gasteiger partial charge is 0.321 e. The molecule has 1 amide bonds. The Morgan fingerprint density at radius 3 is 2.69 bits per heavy atom. The zero-order chi connectivity index (χ0) is 20.1. The number of likely N-dealkylation sites (tertiary alicyclic amines) is 1. The van der Waals surface area contributed by atoms with Gasteiger partial charge in [-0.25, -0.2) is 9.97 Å². The molecule has 1 N–H and O–H groups in total. The molecule has 3 heterocycles. The molecule has 0 unspecified atom stereocenters. The summed E-state index contributed by atoms with van der Waals surface area (Å²) in [6.07, 6.45) is 6.68. The maximum Gasteiger partial charge on any atom is 0.321 e. The Morgan fingerprint density at radius 2 is 1.93 bits per heavy atom. The van der Waals surface area contributed by atoms with Crippen molar-refractivity contribution in [3.05, 3.63) is 78.4 Å². The minimum Gasteiger partial charge on any atom is -0.424 e. The number of hydrogen-bond acceptors (Lipinski definition) is 6. The average molecular weight is 389 g/mol. The van der Waals surface area contributed by atoms with Crippen molar-refractivity contribution in [2.24, 2.45) is 0 Å². The lowest BCUT2D eigenvalue weighted by atomic mass is 9.89. The molecular weight excluding hydrogens is 366 g/mol. The van der Waals surface area contributed by atoms with E-state index in [1.165, 1.54) is 0 Å². The summed E-state index contributed by atoms with van der Waals surface area (Å²) in [6, 6.07) is 15.6. The molecule has 29 heavy (non-hydrogen) atoms. The van der Waals surface area contributed by atoms with Crippen LogP contribution in [0.15, 0.2) is 67.1 Å².